The molecule has 1 aromatic heterocycles. The predicted molar refractivity (Wildman–Crippen MR) is 126 cm³/mol. The van der Waals surface area contributed by atoms with E-state index in [-0.39, 0.29) is 6.61 Å². The van der Waals surface area contributed by atoms with Gasteiger partial charge in [-0.2, -0.15) is 4.39 Å². The molecule has 0 atom stereocenters. The van der Waals surface area contributed by atoms with Crippen LogP contribution in [-0.4, -0.2) is 22.3 Å². The van der Waals surface area contributed by atoms with Crippen LogP contribution >= 0.6 is 0 Å². The number of nitrogens with one attached hydrogen (secondary N) is 1. The lowest BCUT2D eigenvalue weighted by molar-refractivity contribution is 0.158. The molecule has 0 aliphatic carbocycles. The smallest absolute Gasteiger partial charge is 0.422 e. The molecule has 0 unspecified atom stereocenters. The van der Waals surface area contributed by atoms with E-state index in [9.17, 15) is 18.8 Å². The Morgan fingerprint density at radius 1 is 0.906 bits per heavy atom. The first-order chi connectivity index (χ1) is 15.1. The summed E-state index contributed by atoms with van der Waals surface area (Å²) in [5, 5.41) is 0. The van der Waals surface area contributed by atoms with Crippen molar-refractivity contribution in [2.24, 2.45) is 0 Å². The molecule has 0 bridgehead atoms. The van der Waals surface area contributed by atoms with Crippen molar-refractivity contribution < 1.29 is 13.9 Å². The number of allylic oxidation sites excluding steroid dienone is 7. The van der Waals surface area contributed by atoms with E-state index in [1.54, 1.807) is 11.1 Å². The highest BCUT2D eigenvalue weighted by Gasteiger charge is 2.11. The molecule has 176 valence electrons. The third kappa shape index (κ3) is 10.9. The number of nitrogens with zero attached hydrogens (tertiary/aromatic N) is 1. The van der Waals surface area contributed by atoms with E-state index in [0.29, 0.717) is 10.8 Å². The Bertz CT molecular complexity index is 1010. The van der Waals surface area contributed by atoms with Gasteiger partial charge in [0.2, 0.25) is 5.82 Å². The fraction of sp³-hybridized carbons (Fsp3) is 0.480. The summed E-state index contributed by atoms with van der Waals surface area (Å²) in [6.45, 7) is 10.4. The zero-order chi connectivity index (χ0) is 24.1. The number of rotatable bonds is 11. The number of aromatic nitrogens is 2. The molecule has 1 N–H and O–H groups in total. The van der Waals surface area contributed by atoms with E-state index in [1.807, 2.05) is 6.92 Å². The standard InChI is InChI=1S/C25H35FN2O4/c1-18(2)9-6-10-19(3)11-7-12-20(4)13-8-14-21(5)15-16-32-25(31)28-17-22(26)23(29)27-24(28)30/h9,11,13,15,17H,6-8,10,12,14,16H2,1-5H3,(H,27,29,30)/b19-11+,20-13+,21-15+. The average Bonchev–Trinajstić information content (AvgIpc) is 2.70. The Hall–Kier alpha value is -2.96. The van der Waals surface area contributed by atoms with Crippen molar-refractivity contribution in [1.82, 2.24) is 9.55 Å². The maximum absolute atomic E-state index is 13.2. The lowest BCUT2D eigenvalue weighted by atomic mass is 10.0. The second kappa shape index (κ2) is 14.2. The first kappa shape index (κ1) is 27.1. The number of halogens is 1. The Morgan fingerprint density at radius 3 is 1.94 bits per heavy atom. The first-order valence-corrected chi connectivity index (χ1v) is 10.9. The van der Waals surface area contributed by atoms with Crippen molar-refractivity contribution in [2.75, 3.05) is 6.61 Å². The Kier molecular flexibility index (Phi) is 12.0. The number of carbonyl (C=O) groups is 1. The Labute approximate surface area is 189 Å². The number of H-pyrrole nitrogens is 1. The van der Waals surface area contributed by atoms with Gasteiger partial charge in [-0.15, -0.1) is 0 Å². The van der Waals surface area contributed by atoms with E-state index >= 15 is 0 Å². The molecule has 0 aliphatic rings. The highest BCUT2D eigenvalue weighted by Crippen LogP contribution is 2.13. The van der Waals surface area contributed by atoms with Gasteiger partial charge >= 0.3 is 11.8 Å². The van der Waals surface area contributed by atoms with Crippen LogP contribution in [-0.2, 0) is 4.74 Å². The number of ether oxygens (including phenoxy) is 1. The van der Waals surface area contributed by atoms with Crippen molar-refractivity contribution >= 4 is 6.09 Å². The van der Waals surface area contributed by atoms with Gasteiger partial charge in [0.25, 0.3) is 5.56 Å². The van der Waals surface area contributed by atoms with Crippen LogP contribution in [0.25, 0.3) is 0 Å². The minimum Gasteiger partial charge on any atom is -0.445 e. The number of hydrogen-bond acceptors (Lipinski definition) is 4. The molecule has 32 heavy (non-hydrogen) atoms. The summed E-state index contributed by atoms with van der Waals surface area (Å²) in [6.07, 6.45) is 14.0. The number of hydrogen-bond donors (Lipinski definition) is 1. The molecule has 0 aromatic carbocycles. The van der Waals surface area contributed by atoms with Gasteiger partial charge in [0.1, 0.15) is 6.61 Å². The molecule has 0 spiro atoms. The zero-order valence-corrected chi connectivity index (χ0v) is 19.8. The van der Waals surface area contributed by atoms with Crippen LogP contribution in [0.15, 0.2) is 62.4 Å². The van der Waals surface area contributed by atoms with Crippen LogP contribution < -0.4 is 11.2 Å². The quantitative estimate of drug-likeness (QED) is 0.435. The minimum absolute atomic E-state index is 0.0443. The summed E-state index contributed by atoms with van der Waals surface area (Å²) < 4.78 is 18.6. The highest BCUT2D eigenvalue weighted by atomic mass is 19.1. The largest absolute Gasteiger partial charge is 0.445 e. The molecule has 0 aliphatic heterocycles. The maximum Gasteiger partial charge on any atom is 0.422 e. The van der Waals surface area contributed by atoms with Crippen molar-refractivity contribution in [3.05, 3.63) is 79.4 Å². The Balaban J connectivity index is 2.38. The zero-order valence-electron chi connectivity index (χ0n) is 19.8. The second-order valence-electron chi connectivity index (χ2n) is 8.23. The normalized spacial score (nSPS) is 12.6. The number of carbonyl (C=O) groups excluding carboxylic acids is 1. The molecule has 0 saturated heterocycles. The summed E-state index contributed by atoms with van der Waals surface area (Å²) in [5.41, 5.74) is 2.95. The molecule has 0 amide bonds. The lowest BCUT2D eigenvalue weighted by Crippen LogP contribution is -2.35. The lowest BCUT2D eigenvalue weighted by Gasteiger charge is -2.05. The van der Waals surface area contributed by atoms with Crippen LogP contribution in [0.4, 0.5) is 9.18 Å². The summed E-state index contributed by atoms with van der Waals surface area (Å²) >= 11 is 0. The molecule has 0 radical (unpaired) electrons. The summed E-state index contributed by atoms with van der Waals surface area (Å²) in [6, 6.07) is 0. The van der Waals surface area contributed by atoms with E-state index in [1.165, 1.54) is 16.7 Å². The van der Waals surface area contributed by atoms with E-state index in [2.05, 4.69) is 45.9 Å². The topological polar surface area (TPSA) is 81.2 Å². The monoisotopic (exact) mass is 446 g/mol. The van der Waals surface area contributed by atoms with E-state index < -0.39 is 23.2 Å². The van der Waals surface area contributed by atoms with Crippen molar-refractivity contribution in [3.63, 3.8) is 0 Å². The second-order valence-corrected chi connectivity index (χ2v) is 8.23. The minimum atomic E-state index is -1.23. The van der Waals surface area contributed by atoms with Crippen LogP contribution in [0, 0.1) is 5.82 Å². The average molecular weight is 447 g/mol. The molecular formula is C25H35FN2O4. The van der Waals surface area contributed by atoms with Gasteiger partial charge in [0, 0.05) is 0 Å². The predicted octanol–water partition coefficient (Wildman–Crippen LogP) is 5.81. The van der Waals surface area contributed by atoms with Gasteiger partial charge in [0.05, 0.1) is 6.20 Å². The van der Waals surface area contributed by atoms with Crippen LogP contribution in [0.3, 0.4) is 0 Å². The summed E-state index contributed by atoms with van der Waals surface area (Å²) in [4.78, 5) is 36.1. The Morgan fingerprint density at radius 2 is 1.41 bits per heavy atom. The highest BCUT2D eigenvalue weighted by molar-refractivity contribution is 5.69. The van der Waals surface area contributed by atoms with Crippen LogP contribution in [0.1, 0.15) is 73.1 Å². The summed E-state index contributed by atoms with van der Waals surface area (Å²) in [5.74, 6) is -1.23. The maximum atomic E-state index is 13.2. The van der Waals surface area contributed by atoms with Gasteiger partial charge in [0.15, 0.2) is 0 Å². The van der Waals surface area contributed by atoms with Gasteiger partial charge in [-0.1, -0.05) is 40.5 Å². The third-order valence-electron chi connectivity index (χ3n) is 4.89. The van der Waals surface area contributed by atoms with Crippen molar-refractivity contribution in [2.45, 2.75) is 73.1 Å². The van der Waals surface area contributed by atoms with Gasteiger partial charge in [-0.05, 0) is 79.2 Å². The molecular weight excluding hydrogens is 411 g/mol. The first-order valence-electron chi connectivity index (χ1n) is 10.9. The van der Waals surface area contributed by atoms with Crippen LogP contribution in [0.5, 0.6) is 0 Å². The van der Waals surface area contributed by atoms with Gasteiger partial charge in [-0.3, -0.25) is 9.78 Å². The molecule has 1 aromatic rings. The number of aromatic amines is 1. The molecule has 1 heterocycles. The fourth-order valence-electron chi connectivity index (χ4n) is 2.90. The van der Waals surface area contributed by atoms with Crippen molar-refractivity contribution in [3.8, 4) is 0 Å². The molecule has 7 heteroatoms. The van der Waals surface area contributed by atoms with Crippen LogP contribution in [0.2, 0.25) is 0 Å². The molecule has 6 nitrogen and oxygen atoms in total. The summed E-state index contributed by atoms with van der Waals surface area (Å²) in [7, 11) is 0. The van der Waals surface area contributed by atoms with E-state index in [0.717, 1.165) is 44.1 Å². The van der Waals surface area contributed by atoms with Gasteiger partial charge < -0.3 is 4.74 Å². The third-order valence-corrected chi connectivity index (χ3v) is 4.89. The van der Waals surface area contributed by atoms with Gasteiger partial charge in [-0.25, -0.2) is 14.2 Å². The van der Waals surface area contributed by atoms with Crippen molar-refractivity contribution in [1.29, 1.82) is 0 Å². The molecule has 1 rings (SSSR count). The molecule has 0 saturated carbocycles. The molecule has 0 fully saturated rings. The van der Waals surface area contributed by atoms with E-state index in [4.69, 9.17) is 4.74 Å². The fourth-order valence-corrected chi connectivity index (χ4v) is 2.90. The SMILES string of the molecule is CC(C)=CCC/C(C)=C/CC/C(C)=C/CC/C(C)=C/COC(=O)n1cc(F)c(=O)[nH]c1=O.